The summed E-state index contributed by atoms with van der Waals surface area (Å²) in [6, 6.07) is 8.14. The Bertz CT molecular complexity index is 623. The van der Waals surface area contributed by atoms with Crippen LogP contribution in [0.2, 0.25) is 0 Å². The molecule has 0 radical (unpaired) electrons. The van der Waals surface area contributed by atoms with Crippen molar-refractivity contribution in [3.05, 3.63) is 48.2 Å². The molecule has 0 aliphatic heterocycles. The first-order valence-electron chi connectivity index (χ1n) is 4.94. The molecule has 3 aromatic rings. The smallest absolute Gasteiger partial charge is 0.214 e. The van der Waals surface area contributed by atoms with Gasteiger partial charge in [0.1, 0.15) is 0 Å². The van der Waals surface area contributed by atoms with E-state index in [1.165, 1.54) is 11.8 Å². The van der Waals surface area contributed by atoms with Crippen LogP contribution in [0.4, 0.5) is 0 Å². The molecule has 1 N–H and O–H groups in total. The first kappa shape index (κ1) is 8.91. The van der Waals surface area contributed by atoms with Gasteiger partial charge in [0.2, 0.25) is 6.39 Å². The van der Waals surface area contributed by atoms with Gasteiger partial charge in [0.25, 0.3) is 0 Å². The Labute approximate surface area is 91.6 Å². The average Bonchev–Trinajstić information content (AvgIpc) is 2.96. The molecule has 0 bridgehead atoms. The molecule has 0 saturated heterocycles. The van der Waals surface area contributed by atoms with Crippen molar-refractivity contribution in [2.24, 2.45) is 0 Å². The van der Waals surface area contributed by atoms with Crippen LogP contribution in [0.25, 0.3) is 23.1 Å². The maximum atomic E-state index is 4.65. The number of hydrogen-bond acceptors (Lipinski definition) is 3. The molecule has 0 saturated carbocycles. The molecule has 0 fully saturated rings. The maximum absolute atomic E-state index is 4.65. The summed E-state index contributed by atoms with van der Waals surface area (Å²) in [6.07, 6.45) is 7.05. The highest BCUT2D eigenvalue weighted by atomic mass is 16.5. The normalized spacial score (nSPS) is 11.5. The number of hydrogen-bond donors (Lipinski definition) is 1. The van der Waals surface area contributed by atoms with Crippen LogP contribution in [0.15, 0.2) is 41.4 Å². The van der Waals surface area contributed by atoms with Crippen molar-refractivity contribution in [1.82, 2.24) is 15.1 Å². The van der Waals surface area contributed by atoms with Crippen molar-refractivity contribution >= 4 is 23.1 Å². The number of aromatic amines is 1. The van der Waals surface area contributed by atoms with Crippen LogP contribution in [0.5, 0.6) is 0 Å². The molecule has 0 aliphatic rings. The largest absolute Gasteiger partial charge is 0.361 e. The van der Waals surface area contributed by atoms with E-state index in [9.17, 15) is 0 Å². The lowest BCUT2D eigenvalue weighted by atomic mass is 10.1. The second kappa shape index (κ2) is 3.66. The molecule has 0 unspecified atom stereocenters. The summed E-state index contributed by atoms with van der Waals surface area (Å²) in [5.41, 5.74) is 2.23. The Morgan fingerprint density at radius 1 is 1.19 bits per heavy atom. The minimum Gasteiger partial charge on any atom is -0.361 e. The number of nitrogens with one attached hydrogen (secondary N) is 1. The second-order valence-corrected chi connectivity index (χ2v) is 3.41. The predicted molar refractivity (Wildman–Crippen MR) is 61.5 cm³/mol. The molecule has 16 heavy (non-hydrogen) atoms. The van der Waals surface area contributed by atoms with Crippen molar-refractivity contribution in [2.75, 3.05) is 0 Å². The van der Waals surface area contributed by atoms with Crippen LogP contribution in [-0.4, -0.2) is 15.1 Å². The number of H-pyrrole nitrogens is 1. The fourth-order valence-corrected chi connectivity index (χ4v) is 1.65. The molecular weight excluding hydrogens is 202 g/mol. The molecule has 78 valence electrons. The molecule has 4 heteroatoms. The lowest BCUT2D eigenvalue weighted by Gasteiger charge is -1.89. The molecule has 2 heterocycles. The van der Waals surface area contributed by atoms with Crippen molar-refractivity contribution in [1.29, 1.82) is 0 Å². The number of aromatic nitrogens is 3. The molecule has 0 atom stereocenters. The molecule has 4 nitrogen and oxygen atoms in total. The lowest BCUT2D eigenvalue weighted by molar-refractivity contribution is 0.415. The average molecular weight is 211 g/mol. The number of fused-ring (bicyclic) bond motifs is 1. The summed E-state index contributed by atoms with van der Waals surface area (Å²) >= 11 is 0. The van der Waals surface area contributed by atoms with E-state index in [1.54, 1.807) is 0 Å². The molecule has 3 rings (SSSR count). The number of benzene rings is 1. The summed E-state index contributed by atoms with van der Waals surface area (Å²) in [4.78, 5) is 7.12. The standard InChI is InChI=1S/C12H9N3O/c1-2-4-11-10(3-1)9(7-13-11)5-6-12-14-8-16-15-12/h1-8,13H. The van der Waals surface area contributed by atoms with E-state index in [-0.39, 0.29) is 0 Å². The predicted octanol–water partition coefficient (Wildman–Crippen LogP) is 2.72. The molecule has 0 amide bonds. The number of nitrogens with zero attached hydrogens (tertiary/aromatic N) is 2. The summed E-state index contributed by atoms with van der Waals surface area (Å²) in [7, 11) is 0. The Kier molecular flexibility index (Phi) is 2.04. The van der Waals surface area contributed by atoms with Gasteiger partial charge in [-0.25, -0.2) is 0 Å². The zero-order chi connectivity index (χ0) is 10.8. The van der Waals surface area contributed by atoms with E-state index in [2.05, 4.69) is 25.7 Å². The van der Waals surface area contributed by atoms with Crippen LogP contribution < -0.4 is 0 Å². The van der Waals surface area contributed by atoms with E-state index in [1.807, 2.05) is 36.5 Å². The third-order valence-corrected chi connectivity index (χ3v) is 2.41. The second-order valence-electron chi connectivity index (χ2n) is 3.41. The highest BCUT2D eigenvalue weighted by Gasteiger charge is 1.99. The Balaban J connectivity index is 2.01. The van der Waals surface area contributed by atoms with E-state index >= 15 is 0 Å². The Hall–Kier alpha value is -2.36. The van der Waals surface area contributed by atoms with Gasteiger partial charge in [-0.05, 0) is 23.8 Å². The van der Waals surface area contributed by atoms with Crippen LogP contribution in [0.3, 0.4) is 0 Å². The fourth-order valence-electron chi connectivity index (χ4n) is 1.65. The highest BCUT2D eigenvalue weighted by Crippen LogP contribution is 2.19. The van der Waals surface area contributed by atoms with Gasteiger partial charge in [0.05, 0.1) is 0 Å². The summed E-state index contributed by atoms with van der Waals surface area (Å²) in [5.74, 6) is 0.574. The van der Waals surface area contributed by atoms with Crippen molar-refractivity contribution in [2.45, 2.75) is 0 Å². The van der Waals surface area contributed by atoms with Gasteiger partial charge in [-0.3, -0.25) is 0 Å². The minimum atomic E-state index is 0.574. The molecular formula is C12H9N3O. The van der Waals surface area contributed by atoms with E-state index in [0.717, 1.165) is 11.1 Å². The van der Waals surface area contributed by atoms with Gasteiger partial charge >= 0.3 is 0 Å². The highest BCUT2D eigenvalue weighted by molar-refractivity contribution is 5.90. The third kappa shape index (κ3) is 1.50. The van der Waals surface area contributed by atoms with Gasteiger partial charge in [-0.2, -0.15) is 4.98 Å². The summed E-state index contributed by atoms with van der Waals surface area (Å²) in [5, 5.41) is 4.90. The molecule has 2 aromatic heterocycles. The Morgan fingerprint density at radius 3 is 3.00 bits per heavy atom. The van der Waals surface area contributed by atoms with Gasteiger partial charge in [0, 0.05) is 17.1 Å². The quantitative estimate of drug-likeness (QED) is 0.709. The van der Waals surface area contributed by atoms with Crippen LogP contribution in [0.1, 0.15) is 11.4 Å². The zero-order valence-electron chi connectivity index (χ0n) is 8.42. The minimum absolute atomic E-state index is 0.574. The van der Waals surface area contributed by atoms with Gasteiger partial charge in [-0.15, -0.1) is 0 Å². The zero-order valence-corrected chi connectivity index (χ0v) is 8.42. The summed E-state index contributed by atoms with van der Waals surface area (Å²) in [6.45, 7) is 0. The van der Waals surface area contributed by atoms with Crippen molar-refractivity contribution < 1.29 is 4.52 Å². The number of rotatable bonds is 2. The molecule has 0 aliphatic carbocycles. The Morgan fingerprint density at radius 2 is 2.12 bits per heavy atom. The van der Waals surface area contributed by atoms with E-state index in [0.29, 0.717) is 5.82 Å². The van der Waals surface area contributed by atoms with Gasteiger partial charge in [0.15, 0.2) is 5.82 Å². The van der Waals surface area contributed by atoms with Crippen LogP contribution >= 0.6 is 0 Å². The van der Waals surface area contributed by atoms with Gasteiger partial charge in [-0.1, -0.05) is 23.4 Å². The first-order chi connectivity index (χ1) is 7.93. The van der Waals surface area contributed by atoms with Crippen LogP contribution in [0, 0.1) is 0 Å². The van der Waals surface area contributed by atoms with Gasteiger partial charge < -0.3 is 9.51 Å². The van der Waals surface area contributed by atoms with Crippen LogP contribution in [-0.2, 0) is 0 Å². The van der Waals surface area contributed by atoms with Crippen molar-refractivity contribution in [3.63, 3.8) is 0 Å². The van der Waals surface area contributed by atoms with Crippen molar-refractivity contribution in [3.8, 4) is 0 Å². The lowest BCUT2D eigenvalue weighted by Crippen LogP contribution is -1.73. The number of para-hydroxylation sites is 1. The fraction of sp³-hybridized carbons (Fsp3) is 0. The van der Waals surface area contributed by atoms with E-state index in [4.69, 9.17) is 0 Å². The SMILES string of the molecule is C(=Cc1c[nH]c2ccccc12)c1ncon1. The molecule has 1 aromatic carbocycles. The summed E-state index contributed by atoms with van der Waals surface area (Å²) < 4.78 is 4.65. The molecule has 0 spiro atoms. The monoisotopic (exact) mass is 211 g/mol. The maximum Gasteiger partial charge on any atom is 0.214 e. The first-order valence-corrected chi connectivity index (χ1v) is 4.94. The topological polar surface area (TPSA) is 54.7 Å². The third-order valence-electron chi connectivity index (χ3n) is 2.41. The van der Waals surface area contributed by atoms with E-state index < -0.39 is 0 Å².